The number of nitrogens with one attached hydrogen (secondary N) is 1. The smallest absolute Gasteiger partial charge is 0.228 e. The van der Waals surface area contributed by atoms with Gasteiger partial charge in [-0.05, 0) is 26.0 Å². The van der Waals surface area contributed by atoms with Crippen molar-refractivity contribution in [3.05, 3.63) is 51.8 Å². The van der Waals surface area contributed by atoms with Crippen LogP contribution in [-0.2, 0) is 5.41 Å². The predicted molar refractivity (Wildman–Crippen MR) is 95.6 cm³/mol. The number of aryl methyl sites for hydroxylation is 2. The molecule has 6 nitrogen and oxygen atoms in total. The number of hydrogen-bond acceptors (Lipinski definition) is 6. The van der Waals surface area contributed by atoms with E-state index in [4.69, 9.17) is 16.0 Å². The standard InChI is InChI=1S/C18H19ClN4O2/c1-10-6-15(19)23-17(22-10)21-9-12(8-20)16(24)13-7-14(18(3,4)5)25-11(13)2/h6-7,9H,1-5H3,(H,21,22,23)/b12-9+. The summed E-state index contributed by atoms with van der Waals surface area (Å²) >= 11 is 5.87. The van der Waals surface area contributed by atoms with Gasteiger partial charge in [-0.1, -0.05) is 32.4 Å². The number of ketones is 1. The molecule has 25 heavy (non-hydrogen) atoms. The third kappa shape index (κ3) is 4.46. The van der Waals surface area contributed by atoms with Gasteiger partial charge in [0.25, 0.3) is 0 Å². The lowest BCUT2D eigenvalue weighted by molar-refractivity contribution is 0.103. The van der Waals surface area contributed by atoms with Crippen molar-refractivity contribution in [3.63, 3.8) is 0 Å². The summed E-state index contributed by atoms with van der Waals surface area (Å²) in [6.45, 7) is 9.43. The Balaban J connectivity index is 2.30. The van der Waals surface area contributed by atoms with E-state index in [1.165, 1.54) is 6.20 Å². The highest BCUT2D eigenvalue weighted by atomic mass is 35.5. The zero-order chi connectivity index (χ0) is 18.8. The van der Waals surface area contributed by atoms with Gasteiger partial charge in [0.1, 0.15) is 28.3 Å². The van der Waals surface area contributed by atoms with Crippen LogP contribution in [0.4, 0.5) is 5.95 Å². The van der Waals surface area contributed by atoms with E-state index >= 15 is 0 Å². The summed E-state index contributed by atoms with van der Waals surface area (Å²) < 4.78 is 5.67. The van der Waals surface area contributed by atoms with Crippen molar-refractivity contribution in [1.29, 1.82) is 5.26 Å². The molecule has 2 aromatic rings. The molecule has 2 aromatic heterocycles. The van der Waals surface area contributed by atoms with Gasteiger partial charge in [0, 0.05) is 17.3 Å². The number of rotatable bonds is 4. The fraction of sp³-hybridized carbons (Fsp3) is 0.333. The second kappa shape index (κ2) is 7.08. The van der Waals surface area contributed by atoms with Gasteiger partial charge in [0.2, 0.25) is 11.7 Å². The molecule has 130 valence electrons. The molecule has 0 unspecified atom stereocenters. The monoisotopic (exact) mass is 358 g/mol. The number of hydrogen-bond donors (Lipinski definition) is 1. The molecule has 2 rings (SSSR count). The van der Waals surface area contributed by atoms with Crippen LogP contribution in [0, 0.1) is 25.2 Å². The first-order valence-electron chi connectivity index (χ1n) is 7.65. The zero-order valence-corrected chi connectivity index (χ0v) is 15.5. The highest BCUT2D eigenvalue weighted by Gasteiger charge is 2.24. The largest absolute Gasteiger partial charge is 0.465 e. The summed E-state index contributed by atoms with van der Waals surface area (Å²) in [6, 6.07) is 5.18. The van der Waals surface area contributed by atoms with E-state index in [2.05, 4.69) is 15.3 Å². The van der Waals surface area contributed by atoms with Gasteiger partial charge in [-0.15, -0.1) is 0 Å². The SMILES string of the molecule is Cc1cc(Cl)nc(N/C=C(\C#N)C(=O)c2cc(C(C)(C)C)oc2C)n1. The number of carbonyl (C=O) groups is 1. The van der Waals surface area contributed by atoms with Gasteiger partial charge >= 0.3 is 0 Å². The van der Waals surface area contributed by atoms with E-state index in [0.29, 0.717) is 22.8 Å². The van der Waals surface area contributed by atoms with Gasteiger partial charge in [-0.25, -0.2) is 9.97 Å². The van der Waals surface area contributed by atoms with Crippen molar-refractivity contribution in [2.45, 2.75) is 40.0 Å². The third-order valence-corrected chi connectivity index (χ3v) is 3.63. The van der Waals surface area contributed by atoms with Crippen LogP contribution in [0.3, 0.4) is 0 Å². The summed E-state index contributed by atoms with van der Waals surface area (Å²) in [5.41, 5.74) is 0.721. The molecule has 0 amide bonds. The van der Waals surface area contributed by atoms with Crippen LogP contribution in [-0.4, -0.2) is 15.8 Å². The molecule has 0 aliphatic rings. The Morgan fingerprint density at radius 3 is 2.52 bits per heavy atom. The van der Waals surface area contributed by atoms with E-state index in [0.717, 1.165) is 0 Å². The number of furan rings is 1. The highest BCUT2D eigenvalue weighted by molar-refractivity contribution is 6.29. The zero-order valence-electron chi connectivity index (χ0n) is 14.8. The predicted octanol–water partition coefficient (Wildman–Crippen LogP) is 4.34. The number of allylic oxidation sites excluding steroid dienone is 1. The number of anilines is 1. The maximum Gasteiger partial charge on any atom is 0.228 e. The van der Waals surface area contributed by atoms with Crippen LogP contribution in [0.25, 0.3) is 0 Å². The van der Waals surface area contributed by atoms with Crippen LogP contribution in [0.1, 0.15) is 48.3 Å². The summed E-state index contributed by atoms with van der Waals surface area (Å²) in [6.07, 6.45) is 1.27. The van der Waals surface area contributed by atoms with Crippen molar-refractivity contribution in [2.75, 3.05) is 5.32 Å². The summed E-state index contributed by atoms with van der Waals surface area (Å²) in [5.74, 6) is 0.952. The average molecular weight is 359 g/mol. The molecule has 7 heteroatoms. The molecule has 0 saturated carbocycles. The maximum atomic E-state index is 12.6. The molecule has 0 spiro atoms. The van der Waals surface area contributed by atoms with Crippen LogP contribution in [0.2, 0.25) is 5.15 Å². The minimum Gasteiger partial charge on any atom is -0.465 e. The van der Waals surface area contributed by atoms with E-state index in [9.17, 15) is 10.1 Å². The number of nitriles is 1. The fourth-order valence-corrected chi connectivity index (χ4v) is 2.34. The molecule has 0 aromatic carbocycles. The van der Waals surface area contributed by atoms with E-state index < -0.39 is 5.78 Å². The van der Waals surface area contributed by atoms with Gasteiger partial charge in [0.15, 0.2) is 0 Å². The van der Waals surface area contributed by atoms with Crippen molar-refractivity contribution < 1.29 is 9.21 Å². The highest BCUT2D eigenvalue weighted by Crippen LogP contribution is 2.28. The lowest BCUT2D eigenvalue weighted by atomic mass is 9.92. The Kier molecular flexibility index (Phi) is 5.29. The van der Waals surface area contributed by atoms with Crippen molar-refractivity contribution in [1.82, 2.24) is 9.97 Å². The van der Waals surface area contributed by atoms with Crippen LogP contribution in [0.15, 0.2) is 28.3 Å². The third-order valence-electron chi connectivity index (χ3n) is 3.44. The lowest BCUT2D eigenvalue weighted by Crippen LogP contribution is -2.09. The molecule has 0 radical (unpaired) electrons. The molecule has 0 atom stereocenters. The van der Waals surface area contributed by atoms with E-state index in [1.807, 2.05) is 26.8 Å². The molecular formula is C18H19ClN4O2. The first kappa shape index (κ1) is 18.7. The normalized spacial score (nSPS) is 12.0. The summed E-state index contributed by atoms with van der Waals surface area (Å²) in [7, 11) is 0. The quantitative estimate of drug-likeness (QED) is 0.378. The Labute approximate surface area is 151 Å². The van der Waals surface area contributed by atoms with E-state index in [1.54, 1.807) is 26.0 Å². The number of aromatic nitrogens is 2. The van der Waals surface area contributed by atoms with Crippen molar-refractivity contribution >= 4 is 23.3 Å². The number of nitrogens with zero attached hydrogens (tertiary/aromatic N) is 3. The lowest BCUT2D eigenvalue weighted by Gasteiger charge is -2.13. The molecule has 2 heterocycles. The van der Waals surface area contributed by atoms with Crippen molar-refractivity contribution in [2.24, 2.45) is 0 Å². The summed E-state index contributed by atoms with van der Waals surface area (Å²) in [4.78, 5) is 20.8. The van der Waals surface area contributed by atoms with Gasteiger partial charge in [-0.2, -0.15) is 5.26 Å². The van der Waals surface area contributed by atoms with Crippen molar-refractivity contribution in [3.8, 4) is 6.07 Å². The molecular weight excluding hydrogens is 340 g/mol. The molecule has 0 bridgehead atoms. The summed E-state index contributed by atoms with van der Waals surface area (Å²) in [5, 5.41) is 12.3. The van der Waals surface area contributed by atoms with Crippen LogP contribution < -0.4 is 5.32 Å². The molecule has 0 aliphatic carbocycles. The first-order valence-corrected chi connectivity index (χ1v) is 8.03. The number of carbonyl (C=O) groups excluding carboxylic acids is 1. The van der Waals surface area contributed by atoms with E-state index in [-0.39, 0.29) is 22.1 Å². The molecule has 0 aliphatic heterocycles. The number of halogens is 1. The Morgan fingerprint density at radius 1 is 1.32 bits per heavy atom. The second-order valence-electron chi connectivity index (χ2n) is 6.63. The minimum absolute atomic E-state index is 0.0782. The second-order valence-corrected chi connectivity index (χ2v) is 7.02. The van der Waals surface area contributed by atoms with Gasteiger partial charge < -0.3 is 9.73 Å². The Morgan fingerprint density at radius 2 is 2.00 bits per heavy atom. The fourth-order valence-electron chi connectivity index (χ4n) is 2.10. The first-order chi connectivity index (χ1) is 11.6. The Hall–Kier alpha value is -2.65. The molecule has 1 N–H and O–H groups in total. The molecule has 0 saturated heterocycles. The van der Waals surface area contributed by atoms with Gasteiger partial charge in [0.05, 0.1) is 5.56 Å². The topological polar surface area (TPSA) is 91.8 Å². The van der Waals surface area contributed by atoms with Crippen LogP contribution in [0.5, 0.6) is 0 Å². The number of Topliss-reactive ketones (excluding diaryl/α,β-unsaturated/α-hetero) is 1. The van der Waals surface area contributed by atoms with Gasteiger partial charge in [-0.3, -0.25) is 4.79 Å². The average Bonchev–Trinajstić information content (AvgIpc) is 2.88. The van der Waals surface area contributed by atoms with Crippen LogP contribution >= 0.6 is 11.6 Å². The maximum absolute atomic E-state index is 12.6. The Bertz CT molecular complexity index is 865. The molecule has 0 fully saturated rings. The minimum atomic E-state index is -0.425.